The minimum Gasteiger partial charge on any atom is -0.296 e. The smallest absolute Gasteiger partial charge is 0.265 e. The Morgan fingerprint density at radius 2 is 2.11 bits per heavy atom. The fraction of sp³-hybridized carbons (Fsp3) is 0.0714. The molecule has 1 aliphatic heterocycles. The number of rotatable bonds is 1. The standard InChI is InChI=1S/C14H10N2OS2/c1-16-13(17)11(19-14(16)18)8-10-5-2-4-9-6-3-7-15-12(9)10/h2-8H,1H3/b11-8-. The molecular weight excluding hydrogens is 276 g/mol. The Balaban J connectivity index is 2.12. The number of likely N-dealkylation sites (N-methyl/N-ethyl adjacent to an activating group) is 1. The third-order valence-electron chi connectivity index (χ3n) is 2.94. The fourth-order valence-electron chi connectivity index (χ4n) is 1.93. The average Bonchev–Trinajstić information content (AvgIpc) is 2.67. The highest BCUT2D eigenvalue weighted by Gasteiger charge is 2.28. The van der Waals surface area contributed by atoms with E-state index in [2.05, 4.69) is 4.98 Å². The average molecular weight is 286 g/mol. The Hall–Kier alpha value is -1.72. The molecule has 0 saturated carbocycles. The molecule has 0 unspecified atom stereocenters. The first-order valence-electron chi connectivity index (χ1n) is 5.72. The van der Waals surface area contributed by atoms with Crippen molar-refractivity contribution >= 4 is 51.2 Å². The largest absolute Gasteiger partial charge is 0.296 e. The van der Waals surface area contributed by atoms with Gasteiger partial charge in [0.2, 0.25) is 0 Å². The Kier molecular flexibility index (Phi) is 3.08. The van der Waals surface area contributed by atoms with Gasteiger partial charge in [-0.05, 0) is 12.1 Å². The van der Waals surface area contributed by atoms with Gasteiger partial charge < -0.3 is 0 Å². The minimum absolute atomic E-state index is 0.0528. The van der Waals surface area contributed by atoms with Crippen LogP contribution in [-0.2, 0) is 4.79 Å². The molecule has 0 radical (unpaired) electrons. The molecular formula is C14H10N2OS2. The minimum atomic E-state index is -0.0528. The highest BCUT2D eigenvalue weighted by molar-refractivity contribution is 8.26. The van der Waals surface area contributed by atoms with Crippen molar-refractivity contribution in [3.63, 3.8) is 0 Å². The highest BCUT2D eigenvalue weighted by Crippen LogP contribution is 2.32. The first-order valence-corrected chi connectivity index (χ1v) is 6.94. The number of amides is 1. The van der Waals surface area contributed by atoms with E-state index in [1.165, 1.54) is 16.7 Å². The molecule has 0 bridgehead atoms. The molecule has 1 aliphatic rings. The van der Waals surface area contributed by atoms with E-state index in [0.717, 1.165) is 16.5 Å². The summed E-state index contributed by atoms with van der Waals surface area (Å²) in [5, 5.41) is 1.06. The highest BCUT2D eigenvalue weighted by atomic mass is 32.2. The Morgan fingerprint density at radius 3 is 2.84 bits per heavy atom. The van der Waals surface area contributed by atoms with Crippen molar-refractivity contribution in [2.45, 2.75) is 0 Å². The van der Waals surface area contributed by atoms with Crippen molar-refractivity contribution in [2.75, 3.05) is 7.05 Å². The van der Waals surface area contributed by atoms with Crippen LogP contribution in [0.25, 0.3) is 17.0 Å². The summed E-state index contributed by atoms with van der Waals surface area (Å²) in [5.41, 5.74) is 1.83. The quantitative estimate of drug-likeness (QED) is 0.596. The normalized spacial score (nSPS) is 17.7. The van der Waals surface area contributed by atoms with E-state index in [1.807, 2.05) is 36.4 Å². The molecule has 1 fully saturated rings. The Bertz CT molecular complexity index is 719. The molecule has 94 valence electrons. The van der Waals surface area contributed by atoms with Gasteiger partial charge in [-0.2, -0.15) is 0 Å². The van der Waals surface area contributed by atoms with Gasteiger partial charge in [-0.3, -0.25) is 14.7 Å². The molecule has 1 saturated heterocycles. The molecule has 2 heterocycles. The van der Waals surface area contributed by atoms with Crippen LogP contribution in [-0.4, -0.2) is 27.2 Å². The summed E-state index contributed by atoms with van der Waals surface area (Å²) in [5.74, 6) is -0.0528. The number of hydrogen-bond acceptors (Lipinski definition) is 4. The zero-order valence-electron chi connectivity index (χ0n) is 10.2. The number of aromatic nitrogens is 1. The van der Waals surface area contributed by atoms with Crippen molar-refractivity contribution in [1.82, 2.24) is 9.88 Å². The van der Waals surface area contributed by atoms with E-state index in [0.29, 0.717) is 9.23 Å². The van der Waals surface area contributed by atoms with Crippen LogP contribution in [0.5, 0.6) is 0 Å². The lowest BCUT2D eigenvalue weighted by Gasteiger charge is -2.04. The maximum atomic E-state index is 12.0. The summed E-state index contributed by atoms with van der Waals surface area (Å²) < 4.78 is 0.587. The SMILES string of the molecule is CN1C(=O)/C(=C/c2cccc3cccnc23)SC1=S. The molecule has 19 heavy (non-hydrogen) atoms. The zero-order chi connectivity index (χ0) is 13.4. The second-order valence-corrected chi connectivity index (χ2v) is 5.84. The monoisotopic (exact) mass is 286 g/mol. The van der Waals surface area contributed by atoms with Crippen molar-refractivity contribution in [2.24, 2.45) is 0 Å². The fourth-order valence-corrected chi connectivity index (χ4v) is 3.10. The van der Waals surface area contributed by atoms with Crippen molar-refractivity contribution in [3.8, 4) is 0 Å². The maximum Gasteiger partial charge on any atom is 0.265 e. The van der Waals surface area contributed by atoms with Crippen molar-refractivity contribution < 1.29 is 4.79 Å². The maximum absolute atomic E-state index is 12.0. The van der Waals surface area contributed by atoms with E-state index in [1.54, 1.807) is 13.2 Å². The lowest BCUT2D eigenvalue weighted by atomic mass is 10.1. The Labute approximate surface area is 120 Å². The predicted octanol–water partition coefficient (Wildman–Crippen LogP) is 3.07. The molecule has 0 aliphatic carbocycles. The lowest BCUT2D eigenvalue weighted by Crippen LogP contribution is -2.22. The van der Waals surface area contributed by atoms with Crippen LogP contribution in [0.4, 0.5) is 0 Å². The van der Waals surface area contributed by atoms with Gasteiger partial charge in [0.25, 0.3) is 5.91 Å². The number of nitrogens with zero attached hydrogens (tertiary/aromatic N) is 2. The summed E-state index contributed by atoms with van der Waals surface area (Å²) in [7, 11) is 1.69. The number of thiocarbonyl (C=S) groups is 1. The second kappa shape index (κ2) is 4.75. The predicted molar refractivity (Wildman–Crippen MR) is 82.7 cm³/mol. The summed E-state index contributed by atoms with van der Waals surface area (Å²) in [4.78, 5) is 18.5. The van der Waals surface area contributed by atoms with E-state index in [9.17, 15) is 4.79 Å². The molecule has 1 aromatic carbocycles. The number of carbonyl (C=O) groups excluding carboxylic acids is 1. The number of thioether (sulfide) groups is 1. The summed E-state index contributed by atoms with van der Waals surface area (Å²) in [6, 6.07) is 9.83. The van der Waals surface area contributed by atoms with Crippen LogP contribution in [0, 0.1) is 0 Å². The van der Waals surface area contributed by atoms with Gasteiger partial charge in [0.05, 0.1) is 10.4 Å². The lowest BCUT2D eigenvalue weighted by molar-refractivity contribution is -0.121. The van der Waals surface area contributed by atoms with Crippen LogP contribution >= 0.6 is 24.0 Å². The van der Waals surface area contributed by atoms with Crippen LogP contribution in [0.3, 0.4) is 0 Å². The van der Waals surface area contributed by atoms with Crippen LogP contribution in [0.1, 0.15) is 5.56 Å². The first-order chi connectivity index (χ1) is 9.16. The number of benzene rings is 1. The summed E-state index contributed by atoms with van der Waals surface area (Å²) in [6.07, 6.45) is 3.61. The molecule has 3 rings (SSSR count). The molecule has 5 heteroatoms. The molecule has 0 atom stereocenters. The van der Waals surface area contributed by atoms with Crippen molar-refractivity contribution in [1.29, 1.82) is 0 Å². The molecule has 1 amide bonds. The van der Waals surface area contributed by atoms with Crippen LogP contribution < -0.4 is 0 Å². The number of carbonyl (C=O) groups is 1. The number of fused-ring (bicyclic) bond motifs is 1. The first kappa shape index (κ1) is 12.3. The zero-order valence-corrected chi connectivity index (χ0v) is 11.8. The van der Waals surface area contributed by atoms with E-state index < -0.39 is 0 Å². The summed E-state index contributed by atoms with van der Waals surface area (Å²) >= 11 is 6.45. The van der Waals surface area contributed by atoms with Crippen molar-refractivity contribution in [3.05, 3.63) is 47.0 Å². The molecule has 2 aromatic rings. The molecule has 0 N–H and O–H groups in total. The molecule has 3 nitrogen and oxygen atoms in total. The van der Waals surface area contributed by atoms with E-state index in [4.69, 9.17) is 12.2 Å². The number of pyridine rings is 1. The topological polar surface area (TPSA) is 33.2 Å². The van der Waals surface area contributed by atoms with E-state index in [-0.39, 0.29) is 5.91 Å². The number of para-hydroxylation sites is 1. The summed E-state index contributed by atoms with van der Waals surface area (Å²) in [6.45, 7) is 0. The van der Waals surface area contributed by atoms with Gasteiger partial charge in [-0.25, -0.2) is 0 Å². The number of hydrogen-bond donors (Lipinski definition) is 0. The van der Waals surface area contributed by atoms with E-state index >= 15 is 0 Å². The van der Waals surface area contributed by atoms with Gasteiger partial charge in [-0.1, -0.05) is 48.2 Å². The third kappa shape index (κ3) is 2.15. The van der Waals surface area contributed by atoms with Gasteiger partial charge in [0.15, 0.2) is 0 Å². The van der Waals surface area contributed by atoms with Gasteiger partial charge in [0.1, 0.15) is 4.32 Å². The second-order valence-electron chi connectivity index (χ2n) is 4.16. The van der Waals surface area contributed by atoms with Crippen LogP contribution in [0.2, 0.25) is 0 Å². The molecule has 1 aromatic heterocycles. The molecule has 0 spiro atoms. The Morgan fingerprint density at radius 1 is 1.32 bits per heavy atom. The van der Waals surface area contributed by atoms with Gasteiger partial charge in [0, 0.05) is 24.2 Å². The third-order valence-corrected chi connectivity index (χ3v) is 4.42. The van der Waals surface area contributed by atoms with Crippen LogP contribution in [0.15, 0.2) is 41.4 Å². The van der Waals surface area contributed by atoms with Gasteiger partial charge in [-0.15, -0.1) is 0 Å². The van der Waals surface area contributed by atoms with Gasteiger partial charge >= 0.3 is 0 Å².